The summed E-state index contributed by atoms with van der Waals surface area (Å²) in [6, 6.07) is 30.6. The second kappa shape index (κ2) is 32.0. The topological polar surface area (TPSA) is 120 Å². The fourth-order valence-corrected chi connectivity index (χ4v) is 8.15. The zero-order valence-electron chi connectivity index (χ0n) is 41.1. The summed E-state index contributed by atoms with van der Waals surface area (Å²) in [6.07, 6.45) is 28.7. The lowest BCUT2D eigenvalue weighted by Crippen LogP contribution is -2.11. The van der Waals surface area contributed by atoms with Crippen LogP contribution in [0.2, 0.25) is 10.0 Å². The summed E-state index contributed by atoms with van der Waals surface area (Å²) in [5.74, 6) is 0.0207. The molecule has 0 radical (unpaired) electrons. The quantitative estimate of drug-likeness (QED) is 0.0182. The molecule has 5 rings (SSSR count). The van der Waals surface area contributed by atoms with E-state index in [4.69, 9.17) is 42.1 Å². The van der Waals surface area contributed by atoms with Gasteiger partial charge in [-0.2, -0.15) is 5.26 Å². The van der Waals surface area contributed by atoms with E-state index in [0.717, 1.165) is 36.8 Å². The molecular weight excluding hydrogens is 918 g/mol. The Hall–Kier alpha value is -5.95. The average molecular weight is 987 g/mol. The first-order valence-electron chi connectivity index (χ1n) is 25.4. The molecule has 0 spiro atoms. The molecule has 70 heavy (non-hydrogen) atoms. The lowest BCUT2D eigenvalue weighted by molar-refractivity contribution is 0.0732. The molecule has 0 saturated heterocycles. The van der Waals surface area contributed by atoms with Crippen LogP contribution in [0.25, 0.3) is 0 Å². The molecule has 0 N–H and O–H groups in total. The van der Waals surface area contributed by atoms with Crippen LogP contribution in [-0.4, -0.2) is 37.6 Å². The number of esters is 2. The molecule has 0 fully saturated rings. The minimum absolute atomic E-state index is 0.0448. The molecule has 11 heteroatoms. The van der Waals surface area contributed by atoms with Gasteiger partial charge in [0.15, 0.2) is 5.75 Å². The fourth-order valence-electron chi connectivity index (χ4n) is 7.69. The molecule has 0 heterocycles. The van der Waals surface area contributed by atoms with Gasteiger partial charge in [0.1, 0.15) is 23.3 Å². The van der Waals surface area contributed by atoms with E-state index in [1.54, 1.807) is 73.1 Å². The molecule has 0 bridgehead atoms. The Morgan fingerprint density at radius 1 is 0.486 bits per heavy atom. The highest BCUT2D eigenvalue weighted by Gasteiger charge is 2.16. The van der Waals surface area contributed by atoms with E-state index in [2.05, 4.69) is 23.8 Å². The highest BCUT2D eigenvalue weighted by Crippen LogP contribution is 2.31. The first kappa shape index (κ1) is 55.0. The predicted molar refractivity (Wildman–Crippen MR) is 286 cm³/mol. The number of unbranched alkanes of at least 4 members (excludes halogenated alkanes) is 18. The van der Waals surface area contributed by atoms with Crippen LogP contribution in [0.15, 0.2) is 113 Å². The van der Waals surface area contributed by atoms with Gasteiger partial charge in [-0.1, -0.05) is 177 Å². The normalized spacial score (nSPS) is 11.2. The van der Waals surface area contributed by atoms with Crippen molar-refractivity contribution in [3.05, 3.63) is 141 Å². The summed E-state index contributed by atoms with van der Waals surface area (Å²) in [7, 11) is 0. The second-order valence-electron chi connectivity index (χ2n) is 17.6. The van der Waals surface area contributed by atoms with Gasteiger partial charge in [0.2, 0.25) is 0 Å². The zero-order chi connectivity index (χ0) is 49.6. The van der Waals surface area contributed by atoms with Gasteiger partial charge in [0.25, 0.3) is 0 Å². The van der Waals surface area contributed by atoms with Gasteiger partial charge in [0, 0.05) is 18.5 Å². The number of aliphatic imine (C=N–C) groups is 2. The number of nitriles is 1. The van der Waals surface area contributed by atoms with Crippen molar-refractivity contribution in [1.29, 1.82) is 5.26 Å². The molecule has 0 saturated carbocycles. The van der Waals surface area contributed by atoms with Crippen molar-refractivity contribution < 1.29 is 28.5 Å². The monoisotopic (exact) mass is 985 g/mol. The standard InChI is InChI=1S/C59H69Cl2N3O6/c1-3-5-7-9-11-13-15-17-19-21-37-67-55-35-32-50(39-53(55)60)63-43-45-23-27-47(28-24-45)58(65)69-52-34-31-49(42-62)57(41-52)70-59(66)48-29-25-46(26-30-48)44-64-51-33-36-56(54(61)40-51)68-38-22-20-18-16-14-12-10-8-6-4-2/h23-36,39-41,43-44H,3-22,37-38H2,1-2H3. The summed E-state index contributed by atoms with van der Waals surface area (Å²) < 4.78 is 23.1. The molecule has 9 nitrogen and oxygen atoms in total. The fraction of sp³-hybridized carbons (Fsp3) is 0.407. The van der Waals surface area contributed by atoms with Crippen molar-refractivity contribution >= 4 is 58.9 Å². The molecule has 0 amide bonds. The SMILES string of the molecule is CCCCCCCCCCCCOc1ccc(N=Cc2ccc(C(=O)Oc3ccc(C#N)c(OC(=O)c4ccc(C=Nc5ccc(OCCCCCCCCCCCC)c(Cl)c5)cc4)c3)cc2)cc1Cl. The Kier molecular flexibility index (Phi) is 25.2. The molecule has 0 aliphatic rings. The summed E-state index contributed by atoms with van der Waals surface area (Å²) >= 11 is 13.0. The minimum atomic E-state index is -0.688. The third-order valence-corrected chi connectivity index (χ3v) is 12.4. The van der Waals surface area contributed by atoms with E-state index in [1.807, 2.05) is 30.3 Å². The number of rotatable bonds is 32. The molecule has 0 aromatic heterocycles. The largest absolute Gasteiger partial charge is 0.492 e. The first-order valence-corrected chi connectivity index (χ1v) is 26.1. The maximum atomic E-state index is 13.2. The van der Waals surface area contributed by atoms with Gasteiger partial charge >= 0.3 is 11.9 Å². The smallest absolute Gasteiger partial charge is 0.343 e. The van der Waals surface area contributed by atoms with Crippen LogP contribution in [0, 0.1) is 11.3 Å². The number of carbonyl (C=O) groups excluding carboxylic acids is 2. The Balaban J connectivity index is 1.03. The molecular formula is C59H69Cl2N3O6. The summed E-state index contributed by atoms with van der Waals surface area (Å²) in [5, 5.41) is 10.7. The third kappa shape index (κ3) is 20.2. The van der Waals surface area contributed by atoms with E-state index in [0.29, 0.717) is 51.7 Å². The highest BCUT2D eigenvalue weighted by molar-refractivity contribution is 6.32. The molecule has 5 aromatic carbocycles. The lowest BCUT2D eigenvalue weighted by atomic mass is 10.1. The van der Waals surface area contributed by atoms with Crippen LogP contribution >= 0.6 is 23.2 Å². The van der Waals surface area contributed by atoms with E-state index in [9.17, 15) is 14.9 Å². The van der Waals surface area contributed by atoms with Gasteiger partial charge in [0.05, 0.1) is 51.3 Å². The summed E-state index contributed by atoms with van der Waals surface area (Å²) in [4.78, 5) is 35.4. The number of hydrogen-bond donors (Lipinski definition) is 0. The Bertz CT molecular complexity index is 2460. The Labute approximate surface area is 426 Å². The highest BCUT2D eigenvalue weighted by atomic mass is 35.5. The van der Waals surface area contributed by atoms with Crippen molar-refractivity contribution in [3.63, 3.8) is 0 Å². The van der Waals surface area contributed by atoms with Crippen molar-refractivity contribution in [3.8, 4) is 29.1 Å². The lowest BCUT2D eigenvalue weighted by Gasteiger charge is -2.10. The van der Waals surface area contributed by atoms with Crippen LogP contribution in [0.4, 0.5) is 11.4 Å². The predicted octanol–water partition coefficient (Wildman–Crippen LogP) is 17.4. The molecule has 370 valence electrons. The van der Waals surface area contributed by atoms with Gasteiger partial charge < -0.3 is 18.9 Å². The van der Waals surface area contributed by atoms with Crippen LogP contribution in [0.1, 0.15) is 180 Å². The van der Waals surface area contributed by atoms with Crippen molar-refractivity contribution in [2.24, 2.45) is 9.98 Å². The minimum Gasteiger partial charge on any atom is -0.492 e. The molecule has 5 aromatic rings. The van der Waals surface area contributed by atoms with Gasteiger partial charge in [-0.15, -0.1) is 0 Å². The number of ether oxygens (including phenoxy) is 4. The Morgan fingerprint density at radius 3 is 1.29 bits per heavy atom. The Morgan fingerprint density at radius 2 is 0.886 bits per heavy atom. The molecule has 0 aliphatic carbocycles. The van der Waals surface area contributed by atoms with Gasteiger partial charge in [-0.05, 0) is 96.8 Å². The first-order chi connectivity index (χ1) is 34.3. The van der Waals surface area contributed by atoms with E-state index >= 15 is 0 Å². The zero-order valence-corrected chi connectivity index (χ0v) is 42.6. The van der Waals surface area contributed by atoms with Crippen LogP contribution < -0.4 is 18.9 Å². The van der Waals surface area contributed by atoms with E-state index < -0.39 is 11.9 Å². The third-order valence-electron chi connectivity index (χ3n) is 11.8. The molecule has 0 aliphatic heterocycles. The number of carbonyl (C=O) groups is 2. The summed E-state index contributed by atoms with van der Waals surface area (Å²) in [6.45, 7) is 5.75. The van der Waals surface area contributed by atoms with E-state index in [1.165, 1.54) is 121 Å². The van der Waals surface area contributed by atoms with Crippen LogP contribution in [0.3, 0.4) is 0 Å². The number of benzene rings is 5. The van der Waals surface area contributed by atoms with Gasteiger partial charge in [-0.3, -0.25) is 9.98 Å². The van der Waals surface area contributed by atoms with E-state index in [-0.39, 0.29) is 22.6 Å². The maximum absolute atomic E-state index is 13.2. The summed E-state index contributed by atoms with van der Waals surface area (Å²) in [5.41, 5.74) is 3.48. The number of nitrogens with zero attached hydrogens (tertiary/aromatic N) is 3. The van der Waals surface area contributed by atoms with Crippen molar-refractivity contribution in [2.45, 2.75) is 142 Å². The second-order valence-corrected chi connectivity index (χ2v) is 18.4. The van der Waals surface area contributed by atoms with Crippen LogP contribution in [0.5, 0.6) is 23.0 Å². The van der Waals surface area contributed by atoms with Crippen LogP contribution in [-0.2, 0) is 0 Å². The number of hydrogen-bond acceptors (Lipinski definition) is 9. The van der Waals surface area contributed by atoms with Crippen molar-refractivity contribution in [1.82, 2.24) is 0 Å². The maximum Gasteiger partial charge on any atom is 0.343 e. The average Bonchev–Trinajstić information content (AvgIpc) is 3.37. The molecule has 0 atom stereocenters. The van der Waals surface area contributed by atoms with Crippen molar-refractivity contribution in [2.75, 3.05) is 13.2 Å². The van der Waals surface area contributed by atoms with Gasteiger partial charge in [-0.25, -0.2) is 9.59 Å². The molecule has 0 unspecified atom stereocenters. The number of halogens is 2.